The summed E-state index contributed by atoms with van der Waals surface area (Å²) in [6, 6.07) is 12.3. The number of hydrogen-bond acceptors (Lipinski definition) is 7. The van der Waals surface area contributed by atoms with Gasteiger partial charge in [-0.2, -0.15) is 0 Å². The van der Waals surface area contributed by atoms with Crippen LogP contribution in [0.5, 0.6) is 5.75 Å². The zero-order valence-corrected chi connectivity index (χ0v) is 24.2. The van der Waals surface area contributed by atoms with Crippen LogP contribution in [0.15, 0.2) is 36.4 Å². The van der Waals surface area contributed by atoms with Gasteiger partial charge in [0, 0.05) is 44.0 Å². The number of carbonyl (C=O) groups is 2. The molecule has 8 nitrogen and oxygen atoms in total. The maximum atomic E-state index is 13.4. The second kappa shape index (κ2) is 13.3. The van der Waals surface area contributed by atoms with Crippen molar-refractivity contribution in [3.63, 3.8) is 0 Å². The lowest BCUT2D eigenvalue weighted by atomic mass is 9.87. The summed E-state index contributed by atoms with van der Waals surface area (Å²) in [6.45, 7) is 10.6. The van der Waals surface area contributed by atoms with Crippen molar-refractivity contribution in [1.82, 2.24) is 15.1 Å². The van der Waals surface area contributed by atoms with Crippen LogP contribution in [-0.4, -0.2) is 88.8 Å². The van der Waals surface area contributed by atoms with Crippen molar-refractivity contribution in [3.05, 3.63) is 58.7 Å². The Balaban J connectivity index is 1.42. The summed E-state index contributed by atoms with van der Waals surface area (Å²) in [5.41, 5.74) is 5.08. The average Bonchev–Trinajstić information content (AvgIpc) is 2.96. The third-order valence-electron chi connectivity index (χ3n) is 8.32. The minimum absolute atomic E-state index is 0.0488. The third kappa shape index (κ3) is 7.31. The molecule has 0 aromatic heterocycles. The first-order valence-electron chi connectivity index (χ1n) is 14.1. The van der Waals surface area contributed by atoms with Crippen LogP contribution in [0.3, 0.4) is 0 Å². The average molecular weight is 537 g/mol. The molecule has 8 heteroatoms. The highest BCUT2D eigenvalue weighted by Crippen LogP contribution is 2.36. The van der Waals surface area contributed by atoms with E-state index in [1.165, 1.54) is 12.7 Å². The molecule has 0 bridgehead atoms. The molecule has 0 radical (unpaired) electrons. The van der Waals surface area contributed by atoms with Gasteiger partial charge < -0.3 is 29.5 Å². The van der Waals surface area contributed by atoms with Gasteiger partial charge in [0.2, 0.25) is 0 Å². The second-order valence-corrected chi connectivity index (χ2v) is 10.9. The number of likely N-dealkylation sites (N-methyl/N-ethyl adjacent to an activating group) is 1. The summed E-state index contributed by atoms with van der Waals surface area (Å²) in [5.74, 6) is 1.05. The molecule has 212 valence electrons. The minimum atomic E-state index is -0.163. The van der Waals surface area contributed by atoms with Gasteiger partial charge in [-0.3, -0.25) is 9.59 Å². The largest absolute Gasteiger partial charge is 0.496 e. The van der Waals surface area contributed by atoms with E-state index < -0.39 is 0 Å². The lowest BCUT2D eigenvalue weighted by Crippen LogP contribution is -2.44. The number of amides is 1. The van der Waals surface area contributed by atoms with Gasteiger partial charge in [-0.1, -0.05) is 12.1 Å². The fraction of sp³-hybridized carbons (Fsp3) is 0.548. The third-order valence-corrected chi connectivity index (χ3v) is 8.32. The number of carbonyl (C=O) groups excluding carboxylic acids is 2. The van der Waals surface area contributed by atoms with Gasteiger partial charge >= 0.3 is 5.97 Å². The standard InChI is InChI=1S/C31H44N4O4/c1-22-6-8-26(35-18-16-33(3)17-19-35)21-27(22)31(37)32-23(2)25-7-9-29(38-4)28(20-25)24-10-13-34(14-11-24)15-12-30(36)39-5/h6-9,20-21,23-24H,10-19H2,1-5H3,(H,32,37)/t23-/m1/s1. The van der Waals surface area contributed by atoms with Crippen molar-refractivity contribution in [1.29, 1.82) is 0 Å². The molecule has 1 N–H and O–H groups in total. The molecule has 39 heavy (non-hydrogen) atoms. The topological polar surface area (TPSA) is 74.4 Å². The lowest BCUT2D eigenvalue weighted by molar-refractivity contribution is -0.141. The molecule has 2 heterocycles. The number of ether oxygens (including phenoxy) is 2. The van der Waals surface area contributed by atoms with Crippen LogP contribution in [0.1, 0.15) is 65.2 Å². The zero-order valence-electron chi connectivity index (χ0n) is 24.2. The molecule has 2 aliphatic heterocycles. The number of esters is 1. The van der Waals surface area contributed by atoms with Crippen LogP contribution in [0.4, 0.5) is 5.69 Å². The van der Waals surface area contributed by atoms with Gasteiger partial charge in [-0.25, -0.2) is 0 Å². The SMILES string of the molecule is COC(=O)CCN1CCC(c2cc([C@@H](C)NC(=O)c3cc(N4CCN(C)CC4)ccc3C)ccc2OC)CC1. The molecule has 2 aromatic rings. The molecule has 1 atom stereocenters. The highest BCUT2D eigenvalue weighted by Gasteiger charge is 2.25. The predicted octanol–water partition coefficient (Wildman–Crippen LogP) is 3.99. The van der Waals surface area contributed by atoms with E-state index in [-0.39, 0.29) is 17.9 Å². The van der Waals surface area contributed by atoms with Crippen molar-refractivity contribution in [2.45, 2.75) is 45.1 Å². The Morgan fingerprint density at radius 2 is 1.72 bits per heavy atom. The smallest absolute Gasteiger partial charge is 0.306 e. The molecule has 0 unspecified atom stereocenters. The molecule has 0 spiro atoms. The summed E-state index contributed by atoms with van der Waals surface area (Å²) in [4.78, 5) is 31.9. The molecule has 2 saturated heterocycles. The van der Waals surface area contributed by atoms with Crippen molar-refractivity contribution < 1.29 is 19.1 Å². The van der Waals surface area contributed by atoms with E-state index in [1.807, 2.05) is 32.0 Å². The number of hydrogen-bond donors (Lipinski definition) is 1. The lowest BCUT2D eigenvalue weighted by Gasteiger charge is -2.34. The van der Waals surface area contributed by atoms with Crippen LogP contribution in [0.2, 0.25) is 0 Å². The van der Waals surface area contributed by atoms with Gasteiger partial charge in [0.15, 0.2) is 0 Å². The van der Waals surface area contributed by atoms with Crippen molar-refractivity contribution in [3.8, 4) is 5.75 Å². The van der Waals surface area contributed by atoms with Gasteiger partial charge in [0.25, 0.3) is 5.91 Å². The fourth-order valence-electron chi connectivity index (χ4n) is 5.63. The number of methoxy groups -OCH3 is 2. The second-order valence-electron chi connectivity index (χ2n) is 10.9. The number of anilines is 1. The molecule has 1 amide bonds. The number of aryl methyl sites for hydroxylation is 1. The first kappa shape index (κ1) is 28.9. The number of benzene rings is 2. The fourth-order valence-corrected chi connectivity index (χ4v) is 5.63. The molecule has 2 aromatic carbocycles. The van der Waals surface area contributed by atoms with Gasteiger partial charge in [-0.05, 0) is 93.7 Å². The zero-order chi connectivity index (χ0) is 27.9. The number of piperidine rings is 1. The van der Waals surface area contributed by atoms with E-state index in [2.05, 4.69) is 45.3 Å². The summed E-state index contributed by atoms with van der Waals surface area (Å²) in [7, 11) is 5.30. The number of nitrogens with one attached hydrogen (secondary N) is 1. The number of piperazine rings is 1. The molecule has 4 rings (SSSR count). The first-order valence-corrected chi connectivity index (χ1v) is 14.1. The molecular formula is C31H44N4O4. The van der Waals surface area contributed by atoms with Crippen LogP contribution in [0, 0.1) is 6.92 Å². The van der Waals surface area contributed by atoms with Crippen molar-refractivity contribution in [2.75, 3.05) is 72.0 Å². The molecule has 2 fully saturated rings. The Morgan fingerprint density at radius 3 is 2.38 bits per heavy atom. The van der Waals surface area contributed by atoms with Gasteiger partial charge in [0.05, 0.1) is 26.7 Å². The predicted molar refractivity (Wildman–Crippen MR) is 155 cm³/mol. The van der Waals surface area contributed by atoms with E-state index in [4.69, 9.17) is 9.47 Å². The normalized spacial score (nSPS) is 18.0. The summed E-state index contributed by atoms with van der Waals surface area (Å²) in [6.07, 6.45) is 2.43. The Kier molecular flexibility index (Phi) is 9.86. The Hall–Kier alpha value is -3.10. The molecule has 2 aliphatic rings. The van der Waals surface area contributed by atoms with Crippen LogP contribution in [0.25, 0.3) is 0 Å². The van der Waals surface area contributed by atoms with Crippen LogP contribution >= 0.6 is 0 Å². The van der Waals surface area contributed by atoms with E-state index >= 15 is 0 Å². The van der Waals surface area contributed by atoms with Crippen LogP contribution < -0.4 is 15.0 Å². The minimum Gasteiger partial charge on any atom is -0.496 e. The number of nitrogens with zero attached hydrogens (tertiary/aromatic N) is 3. The summed E-state index contributed by atoms with van der Waals surface area (Å²) in [5, 5.41) is 3.24. The van der Waals surface area contributed by atoms with E-state index in [1.54, 1.807) is 7.11 Å². The van der Waals surface area contributed by atoms with Gasteiger partial charge in [0.1, 0.15) is 5.75 Å². The highest BCUT2D eigenvalue weighted by atomic mass is 16.5. The maximum Gasteiger partial charge on any atom is 0.306 e. The number of rotatable bonds is 9. The van der Waals surface area contributed by atoms with Crippen molar-refractivity contribution >= 4 is 17.6 Å². The van der Waals surface area contributed by atoms with E-state index in [0.717, 1.165) is 86.8 Å². The van der Waals surface area contributed by atoms with E-state index in [0.29, 0.717) is 12.3 Å². The molecule has 0 aliphatic carbocycles. The Morgan fingerprint density at radius 1 is 1.00 bits per heavy atom. The van der Waals surface area contributed by atoms with Crippen molar-refractivity contribution in [2.24, 2.45) is 0 Å². The summed E-state index contributed by atoms with van der Waals surface area (Å²) < 4.78 is 10.5. The monoisotopic (exact) mass is 536 g/mol. The Labute approximate surface area is 233 Å². The quantitative estimate of drug-likeness (QED) is 0.486. The Bertz CT molecular complexity index is 1140. The van der Waals surface area contributed by atoms with E-state index in [9.17, 15) is 9.59 Å². The molecular weight excluding hydrogens is 492 g/mol. The molecule has 0 saturated carbocycles. The van der Waals surface area contributed by atoms with Crippen LogP contribution in [-0.2, 0) is 9.53 Å². The number of likely N-dealkylation sites (tertiary alicyclic amines) is 1. The first-order chi connectivity index (χ1) is 18.8. The van der Waals surface area contributed by atoms with Gasteiger partial charge in [-0.15, -0.1) is 0 Å². The maximum absolute atomic E-state index is 13.4. The summed E-state index contributed by atoms with van der Waals surface area (Å²) >= 11 is 0. The highest BCUT2D eigenvalue weighted by molar-refractivity contribution is 5.96.